The van der Waals surface area contributed by atoms with Crippen LogP contribution in [-0.4, -0.2) is 41.7 Å². The smallest absolute Gasteiger partial charge is 0.277 e. The van der Waals surface area contributed by atoms with Crippen molar-refractivity contribution in [3.63, 3.8) is 0 Å². The number of hydrogen-bond acceptors (Lipinski definition) is 6. The summed E-state index contributed by atoms with van der Waals surface area (Å²) in [5.41, 5.74) is 1.04. The van der Waals surface area contributed by atoms with E-state index in [1.54, 1.807) is 36.4 Å². The summed E-state index contributed by atoms with van der Waals surface area (Å²) in [6.07, 6.45) is 0. The monoisotopic (exact) mass is 491 g/mol. The van der Waals surface area contributed by atoms with Crippen molar-refractivity contribution in [1.82, 2.24) is 5.48 Å². The van der Waals surface area contributed by atoms with Gasteiger partial charge in [-0.15, -0.1) is 0 Å². The van der Waals surface area contributed by atoms with Crippen LogP contribution in [0, 0.1) is 0 Å². The third kappa shape index (κ3) is 5.90. The molecular weight excluding hydrogens is 470 g/mol. The van der Waals surface area contributed by atoms with E-state index in [4.69, 9.17) is 16.8 Å². The van der Waals surface area contributed by atoms with Gasteiger partial charge < -0.3 is 5.11 Å². The average Bonchev–Trinajstić information content (AvgIpc) is 2.79. The molecule has 0 bridgehead atoms. The van der Waals surface area contributed by atoms with Crippen LogP contribution in [0.1, 0.15) is 5.56 Å². The van der Waals surface area contributed by atoms with Gasteiger partial charge in [0.2, 0.25) is 0 Å². The Labute approximate surface area is 196 Å². The number of halogens is 1. The molecule has 0 aromatic heterocycles. The molecular formula is C23H22ClNO5S2. The number of amides is 1. The van der Waals surface area contributed by atoms with Crippen LogP contribution in [0.4, 0.5) is 0 Å². The first-order valence-electron chi connectivity index (χ1n) is 9.61. The zero-order valence-electron chi connectivity index (χ0n) is 16.9. The van der Waals surface area contributed by atoms with Gasteiger partial charge in [0, 0.05) is 22.1 Å². The van der Waals surface area contributed by atoms with Crippen LogP contribution < -0.4 is 5.48 Å². The molecule has 3 N–H and O–H groups in total. The van der Waals surface area contributed by atoms with Crippen molar-refractivity contribution >= 4 is 39.1 Å². The Kier molecular flexibility index (Phi) is 7.97. The second-order valence-electron chi connectivity index (χ2n) is 7.22. The van der Waals surface area contributed by atoms with Crippen LogP contribution in [-0.2, 0) is 20.4 Å². The SMILES string of the molecule is O=C(NO)C(O)(CSCc1ccccc1)CS(=O)(=O)c1cc(Cl)ccc1-c1ccccc1. The van der Waals surface area contributed by atoms with Gasteiger partial charge in [-0.25, -0.2) is 13.9 Å². The molecule has 3 aromatic carbocycles. The molecule has 0 heterocycles. The number of nitrogens with one attached hydrogen (secondary N) is 1. The molecule has 0 aliphatic carbocycles. The minimum absolute atomic E-state index is 0.103. The van der Waals surface area contributed by atoms with Crippen LogP contribution >= 0.6 is 23.4 Å². The highest BCUT2D eigenvalue weighted by atomic mass is 35.5. The quantitative estimate of drug-likeness (QED) is 0.309. The minimum atomic E-state index is -4.19. The predicted molar refractivity (Wildman–Crippen MR) is 126 cm³/mol. The highest BCUT2D eigenvalue weighted by Crippen LogP contribution is 2.32. The van der Waals surface area contributed by atoms with Gasteiger partial charge in [0.15, 0.2) is 15.4 Å². The number of hydroxylamine groups is 1. The highest BCUT2D eigenvalue weighted by Gasteiger charge is 2.42. The molecule has 3 rings (SSSR count). The Balaban J connectivity index is 1.91. The largest absolute Gasteiger partial charge is 0.378 e. The van der Waals surface area contributed by atoms with Crippen LogP contribution in [0.5, 0.6) is 0 Å². The van der Waals surface area contributed by atoms with Crippen molar-refractivity contribution < 1.29 is 23.5 Å². The van der Waals surface area contributed by atoms with Crippen molar-refractivity contribution in [3.05, 3.63) is 89.4 Å². The molecule has 0 aliphatic heterocycles. The van der Waals surface area contributed by atoms with E-state index < -0.39 is 27.1 Å². The summed E-state index contributed by atoms with van der Waals surface area (Å²) in [6, 6.07) is 22.7. The van der Waals surface area contributed by atoms with E-state index in [1.807, 2.05) is 36.4 Å². The van der Waals surface area contributed by atoms with E-state index in [0.29, 0.717) is 16.9 Å². The van der Waals surface area contributed by atoms with E-state index >= 15 is 0 Å². The Morgan fingerprint density at radius 2 is 1.62 bits per heavy atom. The molecule has 1 atom stereocenters. The maximum Gasteiger partial charge on any atom is 0.277 e. The average molecular weight is 492 g/mol. The van der Waals surface area contributed by atoms with Crippen LogP contribution in [0.3, 0.4) is 0 Å². The number of sulfone groups is 1. The van der Waals surface area contributed by atoms with Crippen molar-refractivity contribution in [2.24, 2.45) is 0 Å². The minimum Gasteiger partial charge on any atom is -0.378 e. The van der Waals surface area contributed by atoms with Crippen LogP contribution in [0.25, 0.3) is 11.1 Å². The summed E-state index contributed by atoms with van der Waals surface area (Å²) in [5.74, 6) is -1.90. The summed E-state index contributed by atoms with van der Waals surface area (Å²) in [6.45, 7) is 0. The first-order chi connectivity index (χ1) is 15.2. The summed E-state index contributed by atoms with van der Waals surface area (Å²) in [4.78, 5) is 12.2. The summed E-state index contributed by atoms with van der Waals surface area (Å²) >= 11 is 7.26. The van der Waals surface area contributed by atoms with Gasteiger partial charge in [-0.1, -0.05) is 78.3 Å². The summed E-state index contributed by atoms with van der Waals surface area (Å²) in [7, 11) is -4.19. The van der Waals surface area contributed by atoms with Gasteiger partial charge in [0.1, 0.15) is 0 Å². The van der Waals surface area contributed by atoms with Crippen LogP contribution in [0.2, 0.25) is 5.02 Å². The first kappa shape index (κ1) is 24.3. The molecule has 3 aromatic rings. The lowest BCUT2D eigenvalue weighted by Gasteiger charge is -2.25. The topological polar surface area (TPSA) is 104 Å². The molecule has 168 valence electrons. The van der Waals surface area contributed by atoms with Crippen molar-refractivity contribution in [1.29, 1.82) is 0 Å². The Morgan fingerprint density at radius 1 is 1.00 bits per heavy atom. The molecule has 0 saturated heterocycles. The predicted octanol–water partition coefficient (Wildman–Crippen LogP) is 3.95. The number of aliphatic hydroxyl groups is 1. The molecule has 1 amide bonds. The Morgan fingerprint density at radius 3 is 2.25 bits per heavy atom. The maximum atomic E-state index is 13.4. The molecule has 0 aliphatic rings. The lowest BCUT2D eigenvalue weighted by Crippen LogP contribution is -2.52. The van der Waals surface area contributed by atoms with Crippen molar-refractivity contribution in [2.45, 2.75) is 16.2 Å². The fourth-order valence-corrected chi connectivity index (χ4v) is 6.50. The number of hydrogen-bond donors (Lipinski definition) is 3. The number of benzene rings is 3. The third-order valence-corrected chi connectivity index (χ3v) is 8.09. The molecule has 0 saturated carbocycles. The molecule has 1 unspecified atom stereocenters. The molecule has 0 radical (unpaired) electrons. The molecule has 9 heteroatoms. The van der Waals surface area contributed by atoms with Gasteiger partial charge >= 0.3 is 0 Å². The van der Waals surface area contributed by atoms with Gasteiger partial charge in [-0.3, -0.25) is 10.0 Å². The number of thioether (sulfide) groups is 1. The van der Waals surface area contributed by atoms with Gasteiger partial charge in [-0.2, -0.15) is 11.8 Å². The molecule has 6 nitrogen and oxygen atoms in total. The van der Waals surface area contributed by atoms with E-state index in [-0.39, 0.29) is 15.7 Å². The van der Waals surface area contributed by atoms with Gasteiger partial charge in [0.05, 0.1) is 10.6 Å². The van der Waals surface area contributed by atoms with Crippen molar-refractivity contribution in [3.8, 4) is 11.1 Å². The van der Waals surface area contributed by atoms with Gasteiger partial charge in [-0.05, 0) is 23.3 Å². The second-order valence-corrected chi connectivity index (χ2v) is 10.6. The van der Waals surface area contributed by atoms with E-state index in [0.717, 1.165) is 5.56 Å². The maximum absolute atomic E-state index is 13.4. The Hall–Kier alpha value is -2.36. The fourth-order valence-electron chi connectivity index (χ4n) is 3.19. The molecule has 0 spiro atoms. The van der Waals surface area contributed by atoms with Gasteiger partial charge in [0.25, 0.3) is 5.91 Å². The highest BCUT2D eigenvalue weighted by molar-refractivity contribution is 7.98. The number of rotatable bonds is 9. The second kappa shape index (κ2) is 10.5. The molecule has 32 heavy (non-hydrogen) atoms. The number of carbonyl (C=O) groups excluding carboxylic acids is 1. The van der Waals surface area contributed by atoms with E-state index in [9.17, 15) is 18.3 Å². The fraction of sp³-hybridized carbons (Fsp3) is 0.174. The third-order valence-electron chi connectivity index (χ3n) is 4.77. The van der Waals surface area contributed by atoms with Crippen LogP contribution in [0.15, 0.2) is 83.8 Å². The molecule has 0 fully saturated rings. The van der Waals surface area contributed by atoms with E-state index in [2.05, 4.69) is 0 Å². The zero-order valence-corrected chi connectivity index (χ0v) is 19.3. The lowest BCUT2D eigenvalue weighted by atomic mass is 10.1. The number of carbonyl (C=O) groups is 1. The summed E-state index contributed by atoms with van der Waals surface area (Å²) in [5, 5.41) is 20.3. The normalized spacial score (nSPS) is 13.3. The standard InChI is InChI=1S/C23H22ClNO5S2/c24-19-11-12-20(18-9-5-2-6-10-18)21(13-19)32(29,30)16-23(27,22(26)25-28)15-31-14-17-7-3-1-4-8-17/h1-13,27-28H,14-16H2,(H,25,26). The zero-order chi connectivity index (χ0) is 23.2. The first-order valence-corrected chi connectivity index (χ1v) is 12.8. The van der Waals surface area contributed by atoms with E-state index in [1.165, 1.54) is 23.3 Å². The summed E-state index contributed by atoms with van der Waals surface area (Å²) < 4.78 is 26.7. The Bertz CT molecular complexity index is 1170. The van der Waals surface area contributed by atoms with Crippen molar-refractivity contribution in [2.75, 3.05) is 11.5 Å². The lowest BCUT2D eigenvalue weighted by molar-refractivity contribution is -0.144.